The van der Waals surface area contributed by atoms with E-state index in [1.54, 1.807) is 6.20 Å². The predicted molar refractivity (Wildman–Crippen MR) is 122 cm³/mol. The van der Waals surface area contributed by atoms with Crippen LogP contribution < -0.4 is 10.1 Å². The van der Waals surface area contributed by atoms with E-state index in [2.05, 4.69) is 34.1 Å². The number of hydrogen-bond acceptors (Lipinski definition) is 7. The molecule has 0 bridgehead atoms. The lowest BCUT2D eigenvalue weighted by Gasteiger charge is -2.13. The minimum atomic E-state index is -0.349. The number of carbonyl (C=O) groups excluding carboxylic acids is 2. The number of rotatable bonds is 14. The molecule has 0 radical (unpaired) electrons. The number of aromatic nitrogens is 1. The summed E-state index contributed by atoms with van der Waals surface area (Å²) in [5, 5.41) is 2.73. The van der Waals surface area contributed by atoms with E-state index in [4.69, 9.17) is 25.8 Å². The van der Waals surface area contributed by atoms with Crippen molar-refractivity contribution in [3.8, 4) is 17.0 Å². The zero-order chi connectivity index (χ0) is 23.2. The summed E-state index contributed by atoms with van der Waals surface area (Å²) in [5.41, 5.74) is 3.51. The summed E-state index contributed by atoms with van der Waals surface area (Å²) < 4.78 is 21.0. The van der Waals surface area contributed by atoms with Gasteiger partial charge in [-0.05, 0) is 23.6 Å². The zero-order valence-corrected chi connectivity index (χ0v) is 19.2. The number of methoxy groups -OCH3 is 1. The fourth-order valence-electron chi connectivity index (χ4n) is 2.75. The lowest BCUT2D eigenvalue weighted by atomic mass is 10.0. The van der Waals surface area contributed by atoms with E-state index in [0.717, 1.165) is 17.5 Å². The summed E-state index contributed by atoms with van der Waals surface area (Å²) >= 11 is 5.64. The van der Waals surface area contributed by atoms with Crippen LogP contribution in [-0.2, 0) is 30.2 Å². The van der Waals surface area contributed by atoms with Crippen molar-refractivity contribution in [2.45, 2.75) is 19.8 Å². The molecule has 0 spiro atoms. The molecular weight excluding hydrogens is 436 g/mol. The van der Waals surface area contributed by atoms with Gasteiger partial charge in [0.1, 0.15) is 18.2 Å². The molecule has 0 aliphatic rings. The van der Waals surface area contributed by atoms with Crippen molar-refractivity contribution < 1.29 is 28.5 Å². The topological polar surface area (TPSA) is 96.0 Å². The van der Waals surface area contributed by atoms with E-state index in [9.17, 15) is 9.59 Å². The van der Waals surface area contributed by atoms with E-state index in [1.807, 2.05) is 18.2 Å². The third-order valence-corrected chi connectivity index (χ3v) is 4.67. The van der Waals surface area contributed by atoms with Crippen molar-refractivity contribution in [3.63, 3.8) is 0 Å². The van der Waals surface area contributed by atoms with Crippen LogP contribution in [0.2, 0.25) is 0 Å². The number of aryl methyl sites for hydroxylation is 1. The maximum absolute atomic E-state index is 11.9. The van der Waals surface area contributed by atoms with Gasteiger partial charge in [0, 0.05) is 11.8 Å². The van der Waals surface area contributed by atoms with E-state index in [0.29, 0.717) is 25.5 Å². The monoisotopic (exact) mass is 464 g/mol. The molecule has 0 aliphatic heterocycles. The number of esters is 1. The van der Waals surface area contributed by atoms with Crippen LogP contribution >= 0.6 is 11.6 Å². The molecular formula is C23H29ClN2O6. The highest BCUT2D eigenvalue weighted by Crippen LogP contribution is 2.29. The lowest BCUT2D eigenvalue weighted by Crippen LogP contribution is -2.16. The van der Waals surface area contributed by atoms with Crippen LogP contribution in [0.1, 0.15) is 18.9 Å². The number of amides is 1. The number of ether oxygens (including phenoxy) is 4. The molecule has 1 N–H and O–H groups in total. The Labute approximate surface area is 193 Å². The molecule has 174 valence electrons. The Morgan fingerprint density at radius 1 is 1.03 bits per heavy atom. The zero-order valence-electron chi connectivity index (χ0n) is 18.4. The lowest BCUT2D eigenvalue weighted by molar-refractivity contribution is -0.142. The van der Waals surface area contributed by atoms with E-state index >= 15 is 0 Å². The Morgan fingerprint density at radius 3 is 2.50 bits per heavy atom. The van der Waals surface area contributed by atoms with Gasteiger partial charge in [-0.3, -0.25) is 9.59 Å². The highest BCUT2D eigenvalue weighted by Gasteiger charge is 2.12. The number of nitrogens with zero attached hydrogens (tertiary/aromatic N) is 1. The van der Waals surface area contributed by atoms with Gasteiger partial charge in [0.2, 0.25) is 11.8 Å². The predicted octanol–water partition coefficient (Wildman–Crippen LogP) is 3.46. The first-order valence-corrected chi connectivity index (χ1v) is 10.9. The van der Waals surface area contributed by atoms with Crippen LogP contribution in [0.25, 0.3) is 11.1 Å². The van der Waals surface area contributed by atoms with Crippen LogP contribution in [0.15, 0.2) is 36.5 Å². The highest BCUT2D eigenvalue weighted by atomic mass is 35.5. The first-order valence-electron chi connectivity index (χ1n) is 10.4. The maximum Gasteiger partial charge on any atom is 0.307 e. The van der Waals surface area contributed by atoms with Crippen molar-refractivity contribution in [2.24, 2.45) is 0 Å². The second kappa shape index (κ2) is 14.4. The van der Waals surface area contributed by atoms with Crippen molar-refractivity contribution in [1.82, 2.24) is 4.98 Å². The van der Waals surface area contributed by atoms with Crippen molar-refractivity contribution in [2.75, 3.05) is 51.3 Å². The number of halogens is 1. The van der Waals surface area contributed by atoms with Gasteiger partial charge in [0.05, 0.1) is 40.0 Å². The third kappa shape index (κ3) is 8.82. The Kier molecular flexibility index (Phi) is 11.5. The van der Waals surface area contributed by atoms with Gasteiger partial charge in [-0.25, -0.2) is 4.98 Å². The number of hydrogen-bond donors (Lipinski definition) is 1. The van der Waals surface area contributed by atoms with Gasteiger partial charge in [-0.2, -0.15) is 0 Å². The molecule has 0 fully saturated rings. The summed E-state index contributed by atoms with van der Waals surface area (Å²) in [5.74, 6) is -0.545. The molecule has 0 saturated carbocycles. The van der Waals surface area contributed by atoms with Gasteiger partial charge in [0.25, 0.3) is 0 Å². The molecule has 9 heteroatoms. The molecule has 2 aromatic rings. The number of nitrogens with one attached hydrogen (secondary N) is 1. The Bertz CT molecular complexity index is 877. The summed E-state index contributed by atoms with van der Waals surface area (Å²) in [6.07, 6.45) is 2.84. The minimum absolute atomic E-state index is 0.173. The smallest absolute Gasteiger partial charge is 0.307 e. The van der Waals surface area contributed by atoms with E-state index in [1.165, 1.54) is 12.7 Å². The van der Waals surface area contributed by atoms with E-state index in [-0.39, 0.29) is 43.3 Å². The number of benzene rings is 1. The van der Waals surface area contributed by atoms with Crippen LogP contribution in [0, 0.1) is 0 Å². The normalized spacial score (nSPS) is 10.6. The SMILES string of the molecule is CCc1cccc(-c2cnc(OCCOCCOCCC(=O)OC)c(NC(=O)CCl)c2)c1. The van der Waals surface area contributed by atoms with Crippen molar-refractivity contribution >= 4 is 29.2 Å². The Morgan fingerprint density at radius 2 is 1.78 bits per heavy atom. The second-order valence-corrected chi connectivity index (χ2v) is 6.98. The Hall–Kier alpha value is -2.68. The largest absolute Gasteiger partial charge is 0.474 e. The Balaban J connectivity index is 1.88. The summed E-state index contributed by atoms with van der Waals surface area (Å²) in [4.78, 5) is 27.2. The van der Waals surface area contributed by atoms with Crippen LogP contribution in [-0.4, -0.2) is 62.9 Å². The quantitative estimate of drug-likeness (QED) is 0.260. The number of alkyl halides is 1. The fourth-order valence-corrected chi connectivity index (χ4v) is 2.81. The van der Waals surface area contributed by atoms with Crippen LogP contribution in [0.5, 0.6) is 5.88 Å². The van der Waals surface area contributed by atoms with Gasteiger partial charge < -0.3 is 24.3 Å². The van der Waals surface area contributed by atoms with Crippen LogP contribution in [0.4, 0.5) is 5.69 Å². The molecule has 1 aromatic heterocycles. The maximum atomic E-state index is 11.9. The number of pyridine rings is 1. The third-order valence-electron chi connectivity index (χ3n) is 4.43. The summed E-state index contributed by atoms with van der Waals surface area (Å²) in [7, 11) is 1.34. The molecule has 2 rings (SSSR count). The first-order chi connectivity index (χ1) is 15.6. The first kappa shape index (κ1) is 25.6. The molecule has 0 atom stereocenters. The highest BCUT2D eigenvalue weighted by molar-refractivity contribution is 6.29. The molecule has 32 heavy (non-hydrogen) atoms. The fraction of sp³-hybridized carbons (Fsp3) is 0.435. The summed E-state index contributed by atoms with van der Waals surface area (Å²) in [6.45, 7) is 3.65. The average Bonchev–Trinajstić information content (AvgIpc) is 2.83. The van der Waals surface area contributed by atoms with Crippen molar-refractivity contribution in [1.29, 1.82) is 0 Å². The molecule has 0 saturated heterocycles. The van der Waals surface area contributed by atoms with E-state index < -0.39 is 0 Å². The number of carbonyl (C=O) groups is 2. The minimum Gasteiger partial charge on any atom is -0.474 e. The van der Waals surface area contributed by atoms with Gasteiger partial charge in [-0.1, -0.05) is 31.2 Å². The molecule has 0 aliphatic carbocycles. The van der Waals surface area contributed by atoms with Gasteiger partial charge >= 0.3 is 5.97 Å². The summed E-state index contributed by atoms with van der Waals surface area (Å²) in [6, 6.07) is 9.95. The van der Waals surface area contributed by atoms with Crippen molar-refractivity contribution in [3.05, 3.63) is 42.1 Å². The average molecular weight is 465 g/mol. The standard InChI is InChI=1S/C23H29ClN2O6/c1-3-17-5-4-6-18(13-17)19-14-20(26-21(27)15-24)23(25-16-19)32-12-11-31-10-9-30-8-7-22(28)29-2/h4-6,13-14,16H,3,7-12,15H2,1-2H3,(H,26,27). The second-order valence-electron chi connectivity index (χ2n) is 6.71. The van der Waals surface area contributed by atoms with Crippen LogP contribution in [0.3, 0.4) is 0 Å². The molecule has 1 aromatic carbocycles. The molecule has 8 nitrogen and oxygen atoms in total. The molecule has 1 amide bonds. The van der Waals surface area contributed by atoms with Gasteiger partial charge in [0.15, 0.2) is 0 Å². The van der Waals surface area contributed by atoms with Gasteiger partial charge in [-0.15, -0.1) is 11.6 Å². The molecule has 1 heterocycles. The number of anilines is 1. The molecule has 0 unspecified atom stereocenters.